The van der Waals surface area contributed by atoms with Crippen LogP contribution in [0.15, 0.2) is 10.5 Å². The standard InChI is InChI=1S/C21H27N5O7S2/c1-10(27)32-11-4-6-12(7-5-11)33-25-16(13-9-34-20(22)23-13)18(29)24-26-14(28)8-15(26)35-21(2,3)17(26)19(30)31/h9,11-12,15,17H,4-8H2,1-3H3,(H3-,22,23,24,29,30,31)/p+1/t11?,12?,15-,17+,26?/m1/s1. The van der Waals surface area contributed by atoms with Crippen LogP contribution in [0, 0.1) is 0 Å². The van der Waals surface area contributed by atoms with Crippen LogP contribution >= 0.6 is 23.1 Å². The molecule has 1 aromatic rings. The minimum Gasteiger partial charge on any atom is -0.477 e. The minimum absolute atomic E-state index is 0.163. The predicted molar refractivity (Wildman–Crippen MR) is 127 cm³/mol. The van der Waals surface area contributed by atoms with Gasteiger partial charge in [0, 0.05) is 12.3 Å². The van der Waals surface area contributed by atoms with Gasteiger partial charge in [0.05, 0.1) is 4.75 Å². The van der Waals surface area contributed by atoms with Crippen LogP contribution in [0.4, 0.5) is 5.13 Å². The summed E-state index contributed by atoms with van der Waals surface area (Å²) in [7, 11) is 0. The first-order valence-electron chi connectivity index (χ1n) is 11.2. The highest BCUT2D eigenvalue weighted by atomic mass is 32.2. The number of thioether (sulfide) groups is 1. The highest BCUT2D eigenvalue weighted by molar-refractivity contribution is 8.01. The number of carboxylic acid groups (broad SMARTS) is 1. The Kier molecular flexibility index (Phi) is 6.81. The number of hydrogen-bond acceptors (Lipinski definition) is 11. The Balaban J connectivity index is 1.55. The van der Waals surface area contributed by atoms with Crippen LogP contribution in [0.3, 0.4) is 0 Å². The highest BCUT2D eigenvalue weighted by Gasteiger charge is 2.75. The van der Waals surface area contributed by atoms with Gasteiger partial charge in [-0.1, -0.05) is 16.9 Å². The molecule has 3 fully saturated rings. The molecule has 2 aliphatic heterocycles. The number of hydrogen-bond donors (Lipinski definition) is 3. The molecule has 35 heavy (non-hydrogen) atoms. The van der Waals surface area contributed by atoms with Crippen molar-refractivity contribution in [2.75, 3.05) is 5.73 Å². The summed E-state index contributed by atoms with van der Waals surface area (Å²) in [5.41, 5.74) is 8.38. The summed E-state index contributed by atoms with van der Waals surface area (Å²) in [4.78, 5) is 59.4. The highest BCUT2D eigenvalue weighted by Crippen LogP contribution is 2.55. The number of thiazole rings is 1. The van der Waals surface area contributed by atoms with Crippen molar-refractivity contribution in [3.05, 3.63) is 11.1 Å². The molecule has 4 N–H and O–H groups in total. The second-order valence-corrected chi connectivity index (χ2v) is 12.1. The van der Waals surface area contributed by atoms with Gasteiger partial charge < -0.3 is 20.4 Å². The van der Waals surface area contributed by atoms with Crippen molar-refractivity contribution < 1.29 is 38.5 Å². The van der Waals surface area contributed by atoms with Crippen LogP contribution in [-0.2, 0) is 28.8 Å². The Morgan fingerprint density at radius 3 is 2.46 bits per heavy atom. The van der Waals surface area contributed by atoms with Crippen molar-refractivity contribution in [3.8, 4) is 0 Å². The Labute approximate surface area is 209 Å². The number of nitrogens with zero attached hydrogens (tertiary/aromatic N) is 3. The quantitative estimate of drug-likeness (QED) is 0.155. The third kappa shape index (κ3) is 4.74. The summed E-state index contributed by atoms with van der Waals surface area (Å²) >= 11 is 2.48. The molecule has 1 saturated carbocycles. The first kappa shape index (κ1) is 25.4. The fourth-order valence-corrected chi connectivity index (χ4v) is 7.27. The zero-order chi connectivity index (χ0) is 25.5. The second kappa shape index (κ2) is 9.39. The number of aromatic nitrogens is 1. The smallest absolute Gasteiger partial charge is 0.367 e. The van der Waals surface area contributed by atoms with Crippen molar-refractivity contribution in [2.45, 2.75) is 81.2 Å². The van der Waals surface area contributed by atoms with E-state index in [4.69, 9.17) is 15.3 Å². The maximum atomic E-state index is 13.4. The van der Waals surface area contributed by atoms with Gasteiger partial charge in [-0.15, -0.1) is 15.9 Å². The van der Waals surface area contributed by atoms with Gasteiger partial charge in [0.15, 0.2) is 16.2 Å². The molecule has 12 nitrogen and oxygen atoms in total. The van der Waals surface area contributed by atoms with Crippen LogP contribution in [-0.4, -0.2) is 72.5 Å². The second-order valence-electron chi connectivity index (χ2n) is 9.36. The summed E-state index contributed by atoms with van der Waals surface area (Å²) < 4.78 is 3.77. The van der Waals surface area contributed by atoms with Gasteiger partial charge in [-0.05, 0) is 39.5 Å². The summed E-state index contributed by atoms with van der Waals surface area (Å²) in [6.07, 6.45) is 2.03. The maximum absolute atomic E-state index is 13.4. The van der Waals surface area contributed by atoms with E-state index >= 15 is 0 Å². The molecule has 1 unspecified atom stereocenters. The van der Waals surface area contributed by atoms with Crippen molar-refractivity contribution in [2.24, 2.45) is 5.16 Å². The van der Waals surface area contributed by atoms with Crippen molar-refractivity contribution in [1.29, 1.82) is 0 Å². The molecular weight excluding hydrogens is 498 g/mol. The lowest BCUT2D eigenvalue weighted by Crippen LogP contribution is -2.79. The zero-order valence-corrected chi connectivity index (χ0v) is 21.2. The molecule has 4 rings (SSSR count). The van der Waals surface area contributed by atoms with E-state index in [2.05, 4.69) is 15.6 Å². The van der Waals surface area contributed by atoms with Gasteiger partial charge in [0.2, 0.25) is 6.04 Å². The predicted octanol–water partition coefficient (Wildman–Crippen LogP) is 1.40. The molecule has 1 aliphatic carbocycles. The summed E-state index contributed by atoms with van der Waals surface area (Å²) in [5, 5.41) is 15.4. The number of fused-ring (bicyclic) bond motifs is 1. The molecule has 2 amide bonds. The van der Waals surface area contributed by atoms with E-state index in [1.807, 2.05) is 0 Å². The molecule has 14 heteroatoms. The molecular formula is C21H28N5O7S2+. The lowest BCUT2D eigenvalue weighted by Gasteiger charge is -2.45. The number of oxime groups is 1. The van der Waals surface area contributed by atoms with E-state index in [9.17, 15) is 24.3 Å². The third-order valence-electron chi connectivity index (χ3n) is 6.47. The Morgan fingerprint density at radius 2 is 1.91 bits per heavy atom. The number of carbonyl (C=O) groups excluding carboxylic acids is 3. The molecule has 3 heterocycles. The van der Waals surface area contributed by atoms with Crippen molar-refractivity contribution >= 4 is 57.7 Å². The lowest BCUT2D eigenvalue weighted by molar-refractivity contribution is -0.934. The summed E-state index contributed by atoms with van der Waals surface area (Å²) in [5.74, 6) is -2.65. The molecule has 3 aliphatic rings. The number of carbonyl (C=O) groups is 4. The van der Waals surface area contributed by atoms with Gasteiger partial charge in [0.1, 0.15) is 24.3 Å². The molecule has 0 aromatic carbocycles. The first-order chi connectivity index (χ1) is 16.4. The number of esters is 1. The Morgan fingerprint density at radius 1 is 1.26 bits per heavy atom. The number of nitrogen functional groups attached to an aromatic ring is 1. The fourth-order valence-electron chi connectivity index (χ4n) is 4.94. The number of anilines is 1. The maximum Gasteiger partial charge on any atom is 0.367 e. The van der Waals surface area contributed by atoms with Crippen LogP contribution in [0.25, 0.3) is 0 Å². The van der Waals surface area contributed by atoms with Crippen LogP contribution in [0.5, 0.6) is 0 Å². The largest absolute Gasteiger partial charge is 0.477 e. The van der Waals surface area contributed by atoms with Gasteiger partial charge in [0.25, 0.3) is 0 Å². The molecule has 0 radical (unpaired) electrons. The molecule has 0 bridgehead atoms. The SMILES string of the molecule is CC(=O)OC1CCC(ON=C(C(=O)N[N+]23C(=O)C[C@H]2SC(C)(C)[C@@H]3C(=O)O)c2csc(N)n2)CC1. The van der Waals surface area contributed by atoms with Gasteiger partial charge in [-0.3, -0.25) is 9.59 Å². The summed E-state index contributed by atoms with van der Waals surface area (Å²) in [6, 6.07) is -1.16. The first-order valence-corrected chi connectivity index (χ1v) is 13.0. The van der Waals surface area contributed by atoms with E-state index in [1.165, 1.54) is 18.7 Å². The molecule has 2 saturated heterocycles. The molecule has 1 aromatic heterocycles. The number of nitrogens with one attached hydrogen (secondary N) is 1. The summed E-state index contributed by atoms with van der Waals surface area (Å²) in [6.45, 7) is 4.87. The number of amides is 2. The van der Waals surface area contributed by atoms with E-state index in [-0.39, 0.29) is 47.0 Å². The third-order valence-corrected chi connectivity index (χ3v) is 8.74. The van der Waals surface area contributed by atoms with E-state index in [0.29, 0.717) is 25.7 Å². The van der Waals surface area contributed by atoms with E-state index < -0.39 is 32.6 Å². The van der Waals surface area contributed by atoms with Gasteiger partial charge in [-0.25, -0.2) is 14.6 Å². The van der Waals surface area contributed by atoms with Crippen LogP contribution in [0.1, 0.15) is 58.6 Å². The van der Waals surface area contributed by atoms with Crippen molar-refractivity contribution in [3.63, 3.8) is 0 Å². The number of β-lactam (4-membered cyclic amide) rings is 1. The zero-order valence-electron chi connectivity index (χ0n) is 19.6. The lowest BCUT2D eigenvalue weighted by atomic mass is 9.95. The van der Waals surface area contributed by atoms with Gasteiger partial charge >= 0.3 is 23.8 Å². The van der Waals surface area contributed by atoms with Crippen LogP contribution < -0.4 is 11.2 Å². The molecule has 190 valence electrons. The number of carboxylic acids is 1. The van der Waals surface area contributed by atoms with E-state index in [1.54, 1.807) is 19.2 Å². The topological polar surface area (TPSA) is 170 Å². The monoisotopic (exact) mass is 526 g/mol. The number of nitrogens with two attached hydrogens (primary N) is 1. The Bertz CT molecular complexity index is 1080. The minimum atomic E-state index is -1.17. The van der Waals surface area contributed by atoms with Gasteiger partial charge in [-0.2, -0.15) is 5.43 Å². The number of ether oxygens (including phenoxy) is 1. The number of aliphatic carboxylic acids is 1. The number of rotatable bonds is 7. The van der Waals surface area contributed by atoms with Crippen molar-refractivity contribution in [1.82, 2.24) is 10.4 Å². The average Bonchev–Trinajstić information content (AvgIpc) is 3.26. The average molecular weight is 527 g/mol. The normalized spacial score (nSPS) is 31.7. The number of quaternary nitrogens is 1. The van der Waals surface area contributed by atoms with Crippen LogP contribution in [0.2, 0.25) is 0 Å². The van der Waals surface area contributed by atoms with E-state index in [0.717, 1.165) is 11.3 Å². The molecule has 0 spiro atoms. The Hall–Kier alpha value is -2.71. The fraction of sp³-hybridized carbons (Fsp3) is 0.619. The molecule has 3 atom stereocenters.